The molecule has 0 spiro atoms. The largest absolute Gasteiger partial charge is 0.457 e. The summed E-state index contributed by atoms with van der Waals surface area (Å²) in [5, 5.41) is 0. The van der Waals surface area contributed by atoms with E-state index < -0.39 is 0 Å². The molecule has 0 fully saturated rings. The summed E-state index contributed by atoms with van der Waals surface area (Å²) < 4.78 is 68.5. The van der Waals surface area contributed by atoms with Gasteiger partial charge in [-0.15, -0.1) is 0 Å². The van der Waals surface area contributed by atoms with Gasteiger partial charge in [0.2, 0.25) is 40.8 Å². The lowest BCUT2D eigenvalue weighted by Crippen LogP contribution is -2.08. The van der Waals surface area contributed by atoms with Crippen molar-refractivity contribution in [3.63, 3.8) is 0 Å². The average molecular weight is 733 g/mol. The summed E-state index contributed by atoms with van der Waals surface area (Å²) in [7, 11) is 0. The maximum absolute atomic E-state index is 5.71. The minimum atomic E-state index is 0.0232. The van der Waals surface area contributed by atoms with E-state index in [1.54, 1.807) is 146 Å². The Morgan fingerprint density at radius 2 is 0.222 bits per heavy atom. The number of hydrogen-bond donors (Lipinski definition) is 0. The van der Waals surface area contributed by atoms with Gasteiger partial charge in [0.25, 0.3) is 0 Å². The highest BCUT2D eigenvalue weighted by Crippen LogP contribution is 2.24. The van der Waals surface area contributed by atoms with Crippen molar-refractivity contribution in [2.45, 2.75) is 0 Å². The fraction of sp³-hybridized carbons (Fsp3) is 0.143. The Labute approximate surface area is 311 Å². The molecule has 0 saturated heterocycles. The minimum absolute atomic E-state index is 0.0232. The van der Waals surface area contributed by atoms with Crippen LogP contribution in [0.4, 0.5) is 0 Å². The first-order valence-electron chi connectivity index (χ1n) is 16.8. The first-order valence-corrected chi connectivity index (χ1v) is 16.8. The van der Waals surface area contributed by atoms with E-state index in [9.17, 15) is 0 Å². The standard InChI is InChI=1S/C42H36O12/c1-2-32-4-3-31(1)43-25-45-33-5-7-35(8-6-33)47-27-49-37-13-15-39(16-14-37)51-29-53-41-21-23-42(24-22-41)54-30-52-40-19-17-38(18-20-40)50-28-48-36-11-9-34(10-12-36)46-26-44-32/h1-24H,25-30H2. The van der Waals surface area contributed by atoms with Crippen LogP contribution in [0.3, 0.4) is 0 Å². The number of rotatable bonds is 0. The van der Waals surface area contributed by atoms with E-state index in [-0.39, 0.29) is 40.8 Å². The van der Waals surface area contributed by atoms with Crippen LogP contribution in [-0.4, -0.2) is 40.8 Å². The molecule has 12 heteroatoms. The van der Waals surface area contributed by atoms with Gasteiger partial charge in [-0.3, -0.25) is 0 Å². The van der Waals surface area contributed by atoms with E-state index >= 15 is 0 Å². The highest BCUT2D eigenvalue weighted by atomic mass is 16.7. The van der Waals surface area contributed by atoms with Crippen LogP contribution in [0.25, 0.3) is 0 Å². The lowest BCUT2D eigenvalue weighted by molar-refractivity contribution is 0.112. The van der Waals surface area contributed by atoms with E-state index in [0.29, 0.717) is 69.0 Å². The maximum atomic E-state index is 5.71. The molecule has 22 rings (SSSR count). The van der Waals surface area contributed by atoms with E-state index in [1.807, 2.05) is 0 Å². The average Bonchev–Trinajstić information content (AvgIpc) is 3.21. The van der Waals surface area contributed by atoms with Crippen LogP contribution in [0.1, 0.15) is 0 Å². The third kappa shape index (κ3) is 11.0. The molecule has 16 aliphatic rings. The van der Waals surface area contributed by atoms with Gasteiger partial charge >= 0.3 is 0 Å². The molecular weight excluding hydrogens is 696 g/mol. The van der Waals surface area contributed by atoms with Crippen molar-refractivity contribution in [2.75, 3.05) is 40.8 Å². The molecule has 0 N–H and O–H groups in total. The monoisotopic (exact) mass is 732 g/mol. The molecule has 16 heterocycles. The normalized spacial score (nSPS) is 13.8. The second-order valence-electron chi connectivity index (χ2n) is 11.3. The molecule has 0 radical (unpaired) electrons. The topological polar surface area (TPSA) is 111 Å². The Balaban J connectivity index is 0.924. The van der Waals surface area contributed by atoms with Crippen LogP contribution in [0.15, 0.2) is 146 Å². The number of ether oxygens (including phenoxy) is 12. The lowest BCUT2D eigenvalue weighted by atomic mass is 10.3. The molecule has 16 aliphatic heterocycles. The molecule has 0 saturated carbocycles. The van der Waals surface area contributed by atoms with E-state index in [1.165, 1.54) is 0 Å². The van der Waals surface area contributed by atoms with Crippen molar-refractivity contribution in [3.05, 3.63) is 146 Å². The Hall–Kier alpha value is -7.08. The molecule has 0 aliphatic carbocycles. The fourth-order valence-corrected chi connectivity index (χ4v) is 4.79. The van der Waals surface area contributed by atoms with Gasteiger partial charge in [0.05, 0.1) is 0 Å². The van der Waals surface area contributed by atoms with Crippen molar-refractivity contribution < 1.29 is 56.8 Å². The fourth-order valence-electron chi connectivity index (χ4n) is 4.79. The van der Waals surface area contributed by atoms with Crippen molar-refractivity contribution in [3.8, 4) is 69.0 Å². The molecule has 0 amide bonds. The van der Waals surface area contributed by atoms with Crippen LogP contribution in [0.2, 0.25) is 0 Å². The summed E-state index contributed by atoms with van der Waals surface area (Å²) in [4.78, 5) is 0. The molecule has 12 nitrogen and oxygen atoms in total. The van der Waals surface area contributed by atoms with Crippen molar-refractivity contribution in [1.29, 1.82) is 0 Å². The Morgan fingerprint density at radius 3 is 0.296 bits per heavy atom. The minimum Gasteiger partial charge on any atom is -0.457 e. The second-order valence-corrected chi connectivity index (χ2v) is 11.3. The van der Waals surface area contributed by atoms with Gasteiger partial charge < -0.3 is 56.8 Å². The molecule has 6 aromatic carbocycles. The van der Waals surface area contributed by atoms with Crippen LogP contribution >= 0.6 is 0 Å². The predicted octanol–water partition coefficient (Wildman–Crippen LogP) is 8.49. The van der Waals surface area contributed by atoms with Crippen molar-refractivity contribution in [1.82, 2.24) is 0 Å². The predicted molar refractivity (Wildman–Crippen MR) is 195 cm³/mol. The summed E-state index contributed by atoms with van der Waals surface area (Å²) in [6, 6.07) is 42.9. The molecule has 54 heavy (non-hydrogen) atoms. The smallest absolute Gasteiger partial charge is 0.230 e. The maximum Gasteiger partial charge on any atom is 0.230 e. The van der Waals surface area contributed by atoms with Gasteiger partial charge in [-0.25, -0.2) is 0 Å². The summed E-state index contributed by atoms with van der Waals surface area (Å²) >= 11 is 0. The van der Waals surface area contributed by atoms with E-state index in [4.69, 9.17) is 56.8 Å². The Morgan fingerprint density at radius 1 is 0.148 bits per heavy atom. The summed E-state index contributed by atoms with van der Waals surface area (Å²) in [6.07, 6.45) is 0. The molecule has 276 valence electrons. The van der Waals surface area contributed by atoms with Crippen LogP contribution < -0.4 is 56.8 Å². The Bertz CT molecular complexity index is 1460. The van der Waals surface area contributed by atoms with Crippen molar-refractivity contribution >= 4 is 0 Å². The van der Waals surface area contributed by atoms with Gasteiger partial charge in [0.15, 0.2) is 0 Å². The molecular formula is C42H36O12. The first-order chi connectivity index (χ1) is 26.7. The lowest BCUT2D eigenvalue weighted by Gasteiger charge is -2.13. The Kier molecular flexibility index (Phi) is 12.1. The van der Waals surface area contributed by atoms with Crippen LogP contribution in [0, 0.1) is 0 Å². The highest BCUT2D eigenvalue weighted by molar-refractivity contribution is 5.36. The molecule has 0 atom stereocenters. The van der Waals surface area contributed by atoms with Gasteiger partial charge in [0.1, 0.15) is 69.0 Å². The molecule has 0 aromatic heterocycles. The van der Waals surface area contributed by atoms with Gasteiger partial charge in [-0.1, -0.05) is 0 Å². The van der Waals surface area contributed by atoms with Gasteiger partial charge in [0, 0.05) is 0 Å². The molecule has 12 bridgehead atoms. The third-order valence-corrected chi connectivity index (χ3v) is 7.65. The number of hydrogen-bond acceptors (Lipinski definition) is 12. The van der Waals surface area contributed by atoms with E-state index in [2.05, 4.69) is 0 Å². The summed E-state index contributed by atoms with van der Waals surface area (Å²) in [5.74, 6) is 7.50. The number of benzene rings is 6. The third-order valence-electron chi connectivity index (χ3n) is 7.65. The SMILES string of the molecule is c1cc2ccc1OCOc1ccc(cc1)OCOc1ccc(cc1)OCOc1ccc(cc1)OCOc1ccc(cc1)OCOc1ccc(cc1)OCO2. The first kappa shape index (κ1) is 35.3. The molecule has 6 aromatic rings. The van der Waals surface area contributed by atoms with E-state index in [0.717, 1.165) is 0 Å². The second kappa shape index (κ2) is 18.4. The quantitative estimate of drug-likeness (QED) is 0.149. The summed E-state index contributed by atoms with van der Waals surface area (Å²) in [6.45, 7) is 0.139. The van der Waals surface area contributed by atoms with Gasteiger partial charge in [-0.05, 0) is 146 Å². The zero-order chi connectivity index (χ0) is 36.6. The molecule has 0 unspecified atom stereocenters. The highest BCUT2D eigenvalue weighted by Gasteiger charge is 2.05. The van der Waals surface area contributed by atoms with Crippen LogP contribution in [-0.2, 0) is 0 Å². The van der Waals surface area contributed by atoms with Gasteiger partial charge in [-0.2, -0.15) is 0 Å². The van der Waals surface area contributed by atoms with Crippen LogP contribution in [0.5, 0.6) is 69.0 Å². The zero-order valence-electron chi connectivity index (χ0n) is 29.0. The zero-order valence-corrected chi connectivity index (χ0v) is 29.0. The van der Waals surface area contributed by atoms with Crippen molar-refractivity contribution in [2.24, 2.45) is 0 Å². The summed E-state index contributed by atoms with van der Waals surface area (Å²) in [5.41, 5.74) is 0.